The Labute approximate surface area is 151 Å². The molecule has 0 atom stereocenters. The summed E-state index contributed by atoms with van der Waals surface area (Å²) in [6.07, 6.45) is 0. The number of hydrogen-bond donors (Lipinski definition) is 0. The topological polar surface area (TPSA) is 40.3 Å². The molecule has 0 aromatic heterocycles. The van der Waals surface area contributed by atoms with E-state index in [1.165, 1.54) is 11.9 Å². The van der Waals surface area contributed by atoms with Crippen LogP contribution in [0.4, 0.5) is 0 Å². The second-order valence-electron chi connectivity index (χ2n) is 4.98. The number of hydrogen-bond acceptors (Lipinski definition) is 5. The summed E-state index contributed by atoms with van der Waals surface area (Å²) >= 11 is 10.8. The van der Waals surface area contributed by atoms with E-state index in [0.29, 0.717) is 11.6 Å². The predicted octanol–water partition coefficient (Wildman–Crippen LogP) is 4.59. The minimum absolute atomic E-state index is 0.543. The van der Waals surface area contributed by atoms with Crippen LogP contribution in [0.5, 0.6) is 0 Å². The first-order valence-electron chi connectivity index (χ1n) is 6.90. The molecular formula is C16H10BrClN4S. The SMILES string of the molecule is Clc1ccc(C2=NN3C(=NC2)SN=C3c2cccc(Br)c2)cc1. The largest absolute Gasteiger partial charge is 0.253 e. The average molecular weight is 406 g/mol. The third kappa shape index (κ3) is 2.94. The Morgan fingerprint density at radius 3 is 2.70 bits per heavy atom. The Bertz CT molecular complexity index is 861. The number of hydrazone groups is 1. The minimum atomic E-state index is 0.543. The van der Waals surface area contributed by atoms with Crippen LogP contribution in [0.2, 0.25) is 5.02 Å². The summed E-state index contributed by atoms with van der Waals surface area (Å²) in [7, 11) is 0. The Kier molecular flexibility index (Phi) is 3.97. The van der Waals surface area contributed by atoms with Crippen molar-refractivity contribution >= 4 is 56.2 Å². The van der Waals surface area contributed by atoms with Crippen LogP contribution in [-0.4, -0.2) is 28.3 Å². The molecule has 0 amide bonds. The van der Waals surface area contributed by atoms with Crippen molar-refractivity contribution in [3.05, 3.63) is 69.2 Å². The maximum Gasteiger partial charge on any atom is 0.209 e. The molecule has 114 valence electrons. The molecule has 0 saturated carbocycles. The van der Waals surface area contributed by atoms with Gasteiger partial charge in [0, 0.05) is 15.1 Å². The average Bonchev–Trinajstić information content (AvgIpc) is 2.98. The van der Waals surface area contributed by atoms with Crippen molar-refractivity contribution < 1.29 is 0 Å². The van der Waals surface area contributed by atoms with Gasteiger partial charge in [0.15, 0.2) is 5.84 Å². The molecule has 0 N–H and O–H groups in total. The number of aliphatic imine (C=N–C) groups is 1. The zero-order chi connectivity index (χ0) is 15.8. The van der Waals surface area contributed by atoms with E-state index in [-0.39, 0.29) is 0 Å². The second-order valence-corrected chi connectivity index (χ2v) is 7.06. The fourth-order valence-electron chi connectivity index (χ4n) is 2.33. The molecule has 2 aromatic carbocycles. The molecule has 0 bridgehead atoms. The number of nitrogens with zero attached hydrogens (tertiary/aromatic N) is 4. The highest BCUT2D eigenvalue weighted by molar-refractivity contribution is 9.10. The zero-order valence-electron chi connectivity index (χ0n) is 11.8. The van der Waals surface area contributed by atoms with Crippen LogP contribution < -0.4 is 0 Å². The molecule has 2 aliphatic heterocycles. The summed E-state index contributed by atoms with van der Waals surface area (Å²) in [4.78, 5) is 4.59. The van der Waals surface area contributed by atoms with Crippen molar-refractivity contribution in [2.24, 2.45) is 14.5 Å². The molecule has 0 radical (unpaired) electrons. The Balaban J connectivity index is 1.69. The lowest BCUT2D eigenvalue weighted by molar-refractivity contribution is 0.665. The summed E-state index contributed by atoms with van der Waals surface area (Å²) in [6.45, 7) is 0.543. The van der Waals surface area contributed by atoms with Gasteiger partial charge in [0.05, 0.1) is 24.2 Å². The van der Waals surface area contributed by atoms with Crippen molar-refractivity contribution in [2.75, 3.05) is 6.54 Å². The second kappa shape index (κ2) is 6.11. The summed E-state index contributed by atoms with van der Waals surface area (Å²) in [6, 6.07) is 15.6. The Morgan fingerprint density at radius 2 is 1.91 bits per heavy atom. The first-order valence-corrected chi connectivity index (χ1v) is 8.84. The molecule has 4 rings (SSSR count). The molecule has 0 saturated heterocycles. The fourth-order valence-corrected chi connectivity index (χ4v) is 3.53. The Morgan fingerprint density at radius 1 is 1.09 bits per heavy atom. The van der Waals surface area contributed by atoms with Gasteiger partial charge in [-0.15, -0.1) is 0 Å². The summed E-state index contributed by atoms with van der Waals surface area (Å²) in [5.74, 6) is 0.793. The van der Waals surface area contributed by atoms with Gasteiger partial charge in [0.25, 0.3) is 0 Å². The molecule has 2 aliphatic rings. The van der Waals surface area contributed by atoms with Crippen LogP contribution in [0.1, 0.15) is 11.1 Å². The molecule has 2 heterocycles. The smallest absolute Gasteiger partial charge is 0.209 e. The van der Waals surface area contributed by atoms with Crippen LogP contribution in [0.3, 0.4) is 0 Å². The van der Waals surface area contributed by atoms with Crippen LogP contribution in [-0.2, 0) is 0 Å². The van der Waals surface area contributed by atoms with Crippen LogP contribution in [0.25, 0.3) is 0 Å². The van der Waals surface area contributed by atoms with Crippen LogP contribution in [0, 0.1) is 0 Å². The van der Waals surface area contributed by atoms with Crippen molar-refractivity contribution in [1.82, 2.24) is 5.01 Å². The molecule has 0 aliphatic carbocycles. The molecule has 23 heavy (non-hydrogen) atoms. The lowest BCUT2D eigenvalue weighted by atomic mass is 10.1. The quantitative estimate of drug-likeness (QED) is 0.686. The molecule has 2 aromatic rings. The van der Waals surface area contributed by atoms with Gasteiger partial charge in [-0.3, -0.25) is 4.99 Å². The monoisotopic (exact) mass is 404 g/mol. The van der Waals surface area contributed by atoms with E-state index in [1.807, 2.05) is 48.5 Å². The van der Waals surface area contributed by atoms with Crippen molar-refractivity contribution in [2.45, 2.75) is 0 Å². The molecule has 0 unspecified atom stereocenters. The summed E-state index contributed by atoms with van der Waals surface area (Å²) in [5.41, 5.74) is 2.91. The molecule has 0 fully saturated rings. The van der Waals surface area contributed by atoms with Gasteiger partial charge >= 0.3 is 0 Å². The molecular weight excluding hydrogens is 396 g/mol. The van der Waals surface area contributed by atoms with E-state index < -0.39 is 0 Å². The standard InChI is InChI=1S/C16H10BrClN4S/c17-12-3-1-2-11(8-12)15-21-23-16-19-9-14(20-22(15)16)10-4-6-13(18)7-5-10/h1-8H,9H2. The molecule has 0 spiro atoms. The maximum atomic E-state index is 5.95. The van der Waals surface area contributed by atoms with Gasteiger partial charge in [-0.05, 0) is 29.8 Å². The fraction of sp³-hybridized carbons (Fsp3) is 0.0625. The van der Waals surface area contributed by atoms with Crippen LogP contribution >= 0.6 is 39.5 Å². The van der Waals surface area contributed by atoms with Gasteiger partial charge < -0.3 is 0 Å². The van der Waals surface area contributed by atoms with E-state index >= 15 is 0 Å². The summed E-state index contributed by atoms with van der Waals surface area (Å²) in [5, 5.41) is 8.06. The van der Waals surface area contributed by atoms with Gasteiger partial charge in [-0.2, -0.15) is 14.5 Å². The van der Waals surface area contributed by atoms with E-state index in [0.717, 1.165) is 32.3 Å². The van der Waals surface area contributed by atoms with E-state index in [4.69, 9.17) is 16.7 Å². The van der Waals surface area contributed by atoms with Gasteiger partial charge in [-0.25, -0.2) is 0 Å². The van der Waals surface area contributed by atoms with E-state index in [9.17, 15) is 0 Å². The normalized spacial score (nSPS) is 16.6. The molecule has 7 heteroatoms. The highest BCUT2D eigenvalue weighted by Crippen LogP contribution is 2.28. The number of rotatable bonds is 2. The van der Waals surface area contributed by atoms with E-state index in [1.54, 1.807) is 5.01 Å². The number of fused-ring (bicyclic) bond motifs is 1. The zero-order valence-corrected chi connectivity index (χ0v) is 14.9. The first-order chi connectivity index (χ1) is 11.2. The number of benzene rings is 2. The Hall–Kier alpha value is -1.63. The van der Waals surface area contributed by atoms with Gasteiger partial charge in [0.2, 0.25) is 5.17 Å². The third-order valence-corrected chi connectivity index (χ3v) is 4.92. The van der Waals surface area contributed by atoms with Crippen LogP contribution in [0.15, 0.2) is 67.5 Å². The molecule has 4 nitrogen and oxygen atoms in total. The number of halogens is 2. The highest BCUT2D eigenvalue weighted by atomic mass is 79.9. The minimum Gasteiger partial charge on any atom is -0.253 e. The van der Waals surface area contributed by atoms with Gasteiger partial charge in [0.1, 0.15) is 0 Å². The lowest BCUT2D eigenvalue weighted by Gasteiger charge is -2.20. The van der Waals surface area contributed by atoms with Crippen molar-refractivity contribution in [3.63, 3.8) is 0 Å². The first kappa shape index (κ1) is 14.9. The number of amidine groups is 2. The highest BCUT2D eigenvalue weighted by Gasteiger charge is 2.29. The van der Waals surface area contributed by atoms with Crippen molar-refractivity contribution in [1.29, 1.82) is 0 Å². The van der Waals surface area contributed by atoms with Crippen molar-refractivity contribution in [3.8, 4) is 0 Å². The van der Waals surface area contributed by atoms with E-state index in [2.05, 4.69) is 25.3 Å². The van der Waals surface area contributed by atoms with Gasteiger partial charge in [-0.1, -0.05) is 51.8 Å². The summed E-state index contributed by atoms with van der Waals surface area (Å²) < 4.78 is 5.52. The third-order valence-electron chi connectivity index (χ3n) is 3.44. The predicted molar refractivity (Wildman–Crippen MR) is 100 cm³/mol. The lowest BCUT2D eigenvalue weighted by Crippen LogP contribution is -2.32. The maximum absolute atomic E-state index is 5.95.